The van der Waals surface area contributed by atoms with Crippen LogP contribution < -0.4 is 53.2 Å². The number of hydrogen-bond acceptors (Lipinski definition) is 16. The molecule has 2 aromatic carbocycles. The zero-order valence-electron chi connectivity index (χ0n) is 55.7. The van der Waals surface area contributed by atoms with Gasteiger partial charge in [0, 0.05) is 89.0 Å². The topological polar surface area (TPSA) is 413 Å². The van der Waals surface area contributed by atoms with Gasteiger partial charge in [-0.15, -0.1) is 0 Å². The molecule has 4 saturated heterocycles. The first kappa shape index (κ1) is 83.0. The number of carbonyl (C=O) groups is 12. The van der Waals surface area contributed by atoms with E-state index in [4.69, 9.17) is 19.8 Å². The number of aliphatic carboxylic acids is 2. The van der Waals surface area contributed by atoms with Crippen molar-refractivity contribution < 1.29 is 104 Å². The highest BCUT2D eigenvalue weighted by Gasteiger charge is 2.50. The Balaban J connectivity index is 0.00000137. The minimum Gasteiger partial charge on any atom is -0.475 e. The monoisotopic (exact) mass is 1420 g/mol. The number of aliphatic hydroxyl groups excluding tert-OH is 2. The predicted molar refractivity (Wildman–Crippen MR) is 345 cm³/mol. The third-order valence-electron chi connectivity index (χ3n) is 17.1. The molecule has 0 saturated carbocycles. The van der Waals surface area contributed by atoms with E-state index < -0.39 is 120 Å². The molecule has 4 aliphatic heterocycles. The number of likely N-dealkylation sites (N-methyl/N-ethyl adjacent to an activating group) is 2. The molecule has 10 amide bonds. The van der Waals surface area contributed by atoms with Gasteiger partial charge in [0.05, 0.1) is 12.1 Å². The van der Waals surface area contributed by atoms with Crippen LogP contribution in [0.4, 0.5) is 26.3 Å². The summed E-state index contributed by atoms with van der Waals surface area (Å²) in [5.74, 6) is 0.0510. The molecule has 100 heavy (non-hydrogen) atoms. The molecule has 4 heterocycles. The van der Waals surface area contributed by atoms with Gasteiger partial charge in [-0.2, -0.15) is 26.3 Å². The van der Waals surface area contributed by atoms with Crippen LogP contribution in [0, 0.1) is 35.5 Å². The van der Waals surface area contributed by atoms with Gasteiger partial charge in [0.15, 0.2) is 0 Å². The Bertz CT molecular complexity index is 3040. The summed E-state index contributed by atoms with van der Waals surface area (Å²) in [6.45, 7) is 3.33. The first-order chi connectivity index (χ1) is 47.5. The summed E-state index contributed by atoms with van der Waals surface area (Å²) in [5.41, 5.74) is 1.01. The molecule has 28 nitrogen and oxygen atoms in total. The maximum absolute atomic E-state index is 14.1. The zero-order chi connectivity index (χ0) is 74.3. The predicted octanol–water partition coefficient (Wildman–Crippen LogP) is 0.489. The first-order valence-electron chi connectivity index (χ1n) is 32.6. The molecule has 4 fully saturated rings. The lowest BCUT2D eigenvalue weighted by Gasteiger charge is -2.33. The van der Waals surface area contributed by atoms with Crippen molar-refractivity contribution in [1.82, 2.24) is 63.0 Å². The lowest BCUT2D eigenvalue weighted by atomic mass is 9.93. The van der Waals surface area contributed by atoms with Crippen molar-refractivity contribution in [2.24, 2.45) is 11.8 Å². The fourth-order valence-electron chi connectivity index (χ4n) is 11.8. The van der Waals surface area contributed by atoms with Crippen molar-refractivity contribution >= 4 is 71.0 Å². The van der Waals surface area contributed by atoms with Crippen LogP contribution >= 0.6 is 0 Å². The van der Waals surface area contributed by atoms with Gasteiger partial charge in [-0.3, -0.25) is 47.9 Å². The minimum atomic E-state index is -5.08. The number of alkyl halides is 6. The van der Waals surface area contributed by atoms with Crippen molar-refractivity contribution in [3.63, 3.8) is 0 Å². The number of benzene rings is 2. The van der Waals surface area contributed by atoms with E-state index in [1.807, 2.05) is 13.8 Å². The Morgan fingerprint density at radius 1 is 0.500 bits per heavy atom. The van der Waals surface area contributed by atoms with E-state index in [2.05, 4.69) is 76.8 Å². The first-order valence-corrected chi connectivity index (χ1v) is 32.6. The molecule has 6 rings (SSSR count). The number of carboxylic acid groups (broad SMARTS) is 2. The second kappa shape index (κ2) is 41.3. The number of hydrogen-bond donors (Lipinski definition) is 14. The number of rotatable bonds is 28. The summed E-state index contributed by atoms with van der Waals surface area (Å²) < 4.78 is 63.5. The third kappa shape index (κ3) is 25.4. The van der Waals surface area contributed by atoms with Crippen LogP contribution in [0.3, 0.4) is 0 Å². The van der Waals surface area contributed by atoms with Gasteiger partial charge in [0.25, 0.3) is 0 Å². The summed E-state index contributed by atoms with van der Waals surface area (Å²) in [5, 5.41) is 63.0. The van der Waals surface area contributed by atoms with Crippen LogP contribution in [0.15, 0.2) is 60.7 Å². The summed E-state index contributed by atoms with van der Waals surface area (Å²) in [6, 6.07) is 9.56. The maximum atomic E-state index is 14.1. The Kier molecular flexibility index (Phi) is 34.3. The maximum Gasteiger partial charge on any atom is 0.490 e. The van der Waals surface area contributed by atoms with E-state index in [1.54, 1.807) is 74.8 Å². The lowest BCUT2D eigenvalue weighted by Crippen LogP contribution is -2.59. The van der Waals surface area contributed by atoms with Crippen LogP contribution in [0.5, 0.6) is 0 Å². The normalized spacial score (nSPS) is 21.2. The summed E-state index contributed by atoms with van der Waals surface area (Å²) >= 11 is 0. The molecule has 0 bridgehead atoms. The van der Waals surface area contributed by atoms with Gasteiger partial charge >= 0.3 is 24.3 Å². The number of nitrogens with one attached hydrogen (secondary N) is 10. The summed E-state index contributed by atoms with van der Waals surface area (Å²) in [7, 11) is 3.30. The van der Waals surface area contributed by atoms with Gasteiger partial charge < -0.3 is 83.4 Å². The summed E-state index contributed by atoms with van der Waals surface area (Å²) in [4.78, 5) is 156. The van der Waals surface area contributed by atoms with Gasteiger partial charge in [0.2, 0.25) is 59.1 Å². The average Bonchev–Trinajstić information content (AvgIpc) is 1.63. The smallest absolute Gasteiger partial charge is 0.475 e. The molecular weight excluding hydrogens is 1330 g/mol. The van der Waals surface area contributed by atoms with E-state index in [-0.39, 0.29) is 101 Å². The molecule has 0 unspecified atom stereocenters. The van der Waals surface area contributed by atoms with E-state index in [1.165, 1.54) is 9.80 Å². The average molecular weight is 1420 g/mol. The largest absolute Gasteiger partial charge is 0.490 e. The quantitative estimate of drug-likeness (QED) is 0.0313. The molecule has 34 heteroatoms. The van der Waals surface area contributed by atoms with Crippen LogP contribution in [-0.4, -0.2) is 215 Å². The van der Waals surface area contributed by atoms with Gasteiger partial charge in [0.1, 0.15) is 36.3 Å². The SMILES string of the molecule is CC[C@H](NC)C(=O)N[C@@H]1C(=O)N2[C@@H](CC[C@@H]1CO)CC[C@H]2C(=O)N[C@H](C(=O)NCCNC(=O)CCC#CC#CCCC(=O)NCCNC(=O)[C@@H](NC(=O)[C@@H]1CC[C@@H]2CC[C@H](CO)[C@H](NC(=O)[C@H](CC)NC)C(=O)N21)c1ccccc1)c1ccccc1.O=C(O)C(F)(F)F.O=C(O)C(F)(F)F. The van der Waals surface area contributed by atoms with Crippen molar-refractivity contribution in [3.05, 3.63) is 71.8 Å². The number of fused-ring (bicyclic) bond motifs is 2. The molecule has 4 aliphatic rings. The lowest BCUT2D eigenvalue weighted by molar-refractivity contribution is -0.193. The van der Waals surface area contributed by atoms with Gasteiger partial charge in [-0.25, -0.2) is 9.59 Å². The molecule has 0 radical (unpaired) electrons. The van der Waals surface area contributed by atoms with Crippen LogP contribution in [0.1, 0.15) is 127 Å². The zero-order valence-corrected chi connectivity index (χ0v) is 55.7. The van der Waals surface area contributed by atoms with Crippen molar-refractivity contribution in [2.75, 3.05) is 53.5 Å². The molecule has 12 atom stereocenters. The fraction of sp³-hybridized carbons (Fsp3) is 0.576. The number of halogens is 6. The summed E-state index contributed by atoms with van der Waals surface area (Å²) in [6.07, 6.45) is -4.83. The molecule has 0 spiro atoms. The number of aliphatic hydroxyl groups is 2. The Hall–Kier alpha value is -9.38. The van der Waals surface area contributed by atoms with Crippen molar-refractivity contribution in [2.45, 2.75) is 177 Å². The second-order valence-corrected chi connectivity index (χ2v) is 23.7. The van der Waals surface area contributed by atoms with Gasteiger partial charge in [-0.1, -0.05) is 86.4 Å². The molecular formula is C66H88F6N12O16. The van der Waals surface area contributed by atoms with E-state index in [9.17, 15) is 84.5 Å². The Labute approximate surface area is 573 Å². The number of nitrogens with zero attached hydrogens (tertiary/aromatic N) is 2. The Morgan fingerprint density at radius 2 is 0.820 bits per heavy atom. The standard InChI is InChI=1S/C62H86N12O12.2C2HF3O2/c1-5-45(63-3)55(79)71-53-41(37-75)25-27-43-29-31-47(73(43)61(53)85)57(81)69-51(39-19-13-11-14-20-39)59(83)67-35-33-65-49(77)23-17-9-7-8-10-18-24-50(78)66-34-36-68-60(84)52(40-21-15-12-16-22-40)70-58(82)48-32-30-44-28-26-42(38-76)54(62(86)74(44)48)72-56(80)46(6-2)64-4;2*3-2(4,5)1(6)7/h11-16,19-22,41-48,51-54,63-64,75-76H,5-6,17-18,23-38H2,1-4H3,(H,65,77)(H,66,78)(H,67,83)(H,68,84)(H,69,81)(H,70,82)(H,71,79)(H,72,80);2*(H,6,7)/t41-,42-,43+,44+,45+,46+,47+,48+,51+,52+,53+,54+;;/m1../s1. The molecule has 0 aromatic heterocycles. The third-order valence-corrected chi connectivity index (χ3v) is 17.1. The highest BCUT2D eigenvalue weighted by molar-refractivity contribution is 5.97. The second-order valence-electron chi connectivity index (χ2n) is 23.7. The minimum absolute atomic E-state index is 0.0469. The highest BCUT2D eigenvalue weighted by atomic mass is 19.4. The molecule has 14 N–H and O–H groups in total. The highest BCUT2D eigenvalue weighted by Crippen LogP contribution is 2.36. The van der Waals surface area contributed by atoms with Crippen molar-refractivity contribution in [1.29, 1.82) is 0 Å². The number of carbonyl (C=O) groups excluding carboxylic acids is 10. The molecule has 0 aliphatic carbocycles. The Morgan fingerprint density at radius 3 is 1.12 bits per heavy atom. The fourth-order valence-corrected chi connectivity index (χ4v) is 11.8. The van der Waals surface area contributed by atoms with E-state index in [0.717, 1.165) is 0 Å². The molecule has 2 aromatic rings. The van der Waals surface area contributed by atoms with Crippen molar-refractivity contribution in [3.8, 4) is 23.7 Å². The van der Waals surface area contributed by atoms with Crippen LogP contribution in [0.25, 0.3) is 0 Å². The van der Waals surface area contributed by atoms with Gasteiger partial charge in [-0.05, 0) is 101 Å². The van der Waals surface area contributed by atoms with E-state index >= 15 is 0 Å². The van der Waals surface area contributed by atoms with Crippen LogP contribution in [-0.2, 0) is 57.5 Å². The van der Waals surface area contributed by atoms with Crippen LogP contribution in [0.2, 0.25) is 0 Å². The van der Waals surface area contributed by atoms with E-state index in [0.29, 0.717) is 75.3 Å². The number of amides is 10. The molecule has 550 valence electrons. The number of carboxylic acids is 2.